The summed E-state index contributed by atoms with van der Waals surface area (Å²) >= 11 is 0. The molecule has 0 fully saturated rings. The second-order valence-electron chi connectivity index (χ2n) is 2.44. The first kappa shape index (κ1) is 9.60. The van der Waals surface area contributed by atoms with Gasteiger partial charge in [0.25, 0.3) is 0 Å². The van der Waals surface area contributed by atoms with Crippen molar-refractivity contribution in [3.05, 3.63) is 24.3 Å². The first-order chi connectivity index (χ1) is 6.24. The molecule has 1 N–H and O–H groups in total. The van der Waals surface area contributed by atoms with Gasteiger partial charge in [-0.2, -0.15) is 0 Å². The van der Waals surface area contributed by atoms with Crippen molar-refractivity contribution in [3.8, 4) is 0 Å². The summed E-state index contributed by atoms with van der Waals surface area (Å²) in [5, 5.41) is 9.24. The van der Waals surface area contributed by atoms with E-state index in [-0.39, 0.29) is 6.42 Å². The molecule has 5 heteroatoms. The molecule has 0 amide bonds. The average Bonchev–Trinajstić information content (AvgIpc) is 2.18. The molecule has 0 saturated carbocycles. The number of rotatable bonds is 3. The molecule has 1 unspecified atom stereocenters. The number of aliphatic hydroxyl groups is 1. The van der Waals surface area contributed by atoms with Crippen LogP contribution < -0.4 is 0 Å². The van der Waals surface area contributed by atoms with Crippen LogP contribution in [0.2, 0.25) is 0 Å². The van der Waals surface area contributed by atoms with Gasteiger partial charge in [-0.25, -0.2) is 14.8 Å². The lowest BCUT2D eigenvalue weighted by molar-refractivity contribution is -0.150. The lowest BCUT2D eigenvalue weighted by Crippen LogP contribution is -2.24. The number of aliphatic hydroxyl groups excluding tert-OH is 1. The maximum absolute atomic E-state index is 10.8. The van der Waals surface area contributed by atoms with Crippen molar-refractivity contribution < 1.29 is 14.6 Å². The van der Waals surface area contributed by atoms with Gasteiger partial charge in [0, 0.05) is 18.3 Å². The highest BCUT2D eigenvalue weighted by molar-refractivity contribution is 5.74. The number of methoxy groups -OCH3 is 1. The number of carbonyl (C=O) groups is 1. The van der Waals surface area contributed by atoms with Crippen LogP contribution in [-0.2, 0) is 16.0 Å². The molecule has 1 atom stereocenters. The maximum Gasteiger partial charge on any atom is 0.335 e. The van der Waals surface area contributed by atoms with Crippen molar-refractivity contribution in [1.82, 2.24) is 9.97 Å². The Hall–Kier alpha value is -1.49. The molecule has 1 rings (SSSR count). The number of carbonyl (C=O) groups excluding carboxylic acids is 1. The number of hydrogen-bond donors (Lipinski definition) is 1. The second kappa shape index (κ2) is 4.51. The average molecular weight is 182 g/mol. The van der Waals surface area contributed by atoms with E-state index < -0.39 is 12.1 Å². The van der Waals surface area contributed by atoms with Crippen LogP contribution in [0.3, 0.4) is 0 Å². The third-order valence-electron chi connectivity index (χ3n) is 1.52. The smallest absolute Gasteiger partial charge is 0.335 e. The normalized spacial score (nSPS) is 12.2. The molecule has 1 heterocycles. The Morgan fingerprint density at radius 3 is 3.08 bits per heavy atom. The van der Waals surface area contributed by atoms with E-state index in [0.717, 1.165) is 0 Å². The molecule has 0 bridgehead atoms. The zero-order valence-corrected chi connectivity index (χ0v) is 7.17. The molecule has 0 radical (unpaired) electrons. The molecular formula is C8H10N2O3. The summed E-state index contributed by atoms with van der Waals surface area (Å²) in [5.41, 5.74) is 0.605. The van der Waals surface area contributed by atoms with Crippen molar-refractivity contribution in [1.29, 1.82) is 0 Å². The van der Waals surface area contributed by atoms with Crippen molar-refractivity contribution >= 4 is 5.97 Å². The van der Waals surface area contributed by atoms with Crippen LogP contribution >= 0.6 is 0 Å². The van der Waals surface area contributed by atoms with Crippen LogP contribution in [0.15, 0.2) is 18.6 Å². The number of nitrogens with zero attached hydrogens (tertiary/aromatic N) is 2. The quantitative estimate of drug-likeness (QED) is 0.641. The molecule has 1 aromatic rings. The Balaban J connectivity index is 2.55. The lowest BCUT2D eigenvalue weighted by atomic mass is 10.2. The van der Waals surface area contributed by atoms with Crippen LogP contribution in [0.25, 0.3) is 0 Å². The van der Waals surface area contributed by atoms with Crippen molar-refractivity contribution in [3.63, 3.8) is 0 Å². The van der Waals surface area contributed by atoms with Gasteiger partial charge in [0.1, 0.15) is 6.33 Å². The van der Waals surface area contributed by atoms with Crippen LogP contribution in [0.5, 0.6) is 0 Å². The molecule has 5 nitrogen and oxygen atoms in total. The molecule has 0 aliphatic carbocycles. The van der Waals surface area contributed by atoms with Gasteiger partial charge in [0.05, 0.1) is 7.11 Å². The molecule has 0 aliphatic heterocycles. The van der Waals surface area contributed by atoms with E-state index in [9.17, 15) is 9.90 Å². The molecule has 70 valence electrons. The molecule has 0 spiro atoms. The van der Waals surface area contributed by atoms with Crippen molar-refractivity contribution in [2.24, 2.45) is 0 Å². The first-order valence-corrected chi connectivity index (χ1v) is 3.75. The number of aromatic nitrogens is 2. The minimum absolute atomic E-state index is 0.148. The molecule has 0 aromatic carbocycles. The van der Waals surface area contributed by atoms with Gasteiger partial charge in [0.15, 0.2) is 6.10 Å². The van der Waals surface area contributed by atoms with Crippen LogP contribution in [0, 0.1) is 0 Å². The van der Waals surface area contributed by atoms with Crippen molar-refractivity contribution in [2.45, 2.75) is 12.5 Å². The summed E-state index contributed by atoms with van der Waals surface area (Å²) in [7, 11) is 1.23. The summed E-state index contributed by atoms with van der Waals surface area (Å²) in [6.45, 7) is 0. The fourth-order valence-electron chi connectivity index (χ4n) is 0.856. The monoisotopic (exact) mass is 182 g/mol. The molecule has 0 aliphatic rings. The zero-order valence-electron chi connectivity index (χ0n) is 7.17. The molecule has 0 saturated heterocycles. The molecular weight excluding hydrogens is 172 g/mol. The SMILES string of the molecule is COC(=O)C(O)Cc1ccncn1. The Morgan fingerprint density at radius 1 is 1.77 bits per heavy atom. The lowest BCUT2D eigenvalue weighted by Gasteiger charge is -2.06. The Labute approximate surface area is 75.4 Å². The fraction of sp³-hybridized carbons (Fsp3) is 0.375. The highest BCUT2D eigenvalue weighted by atomic mass is 16.5. The highest BCUT2D eigenvalue weighted by Crippen LogP contribution is 1.99. The fourth-order valence-corrected chi connectivity index (χ4v) is 0.856. The van der Waals surface area contributed by atoms with Gasteiger partial charge in [-0.05, 0) is 6.07 Å². The third-order valence-corrected chi connectivity index (χ3v) is 1.52. The van der Waals surface area contributed by atoms with Crippen LogP contribution in [-0.4, -0.2) is 34.3 Å². The maximum atomic E-state index is 10.8. The number of hydrogen-bond acceptors (Lipinski definition) is 5. The minimum Gasteiger partial charge on any atom is -0.467 e. The van der Waals surface area contributed by atoms with E-state index in [1.54, 1.807) is 12.3 Å². The Bertz CT molecular complexity index is 276. The van der Waals surface area contributed by atoms with Gasteiger partial charge in [-0.3, -0.25) is 0 Å². The van der Waals surface area contributed by atoms with E-state index in [2.05, 4.69) is 14.7 Å². The van der Waals surface area contributed by atoms with Crippen LogP contribution in [0.1, 0.15) is 5.69 Å². The standard InChI is InChI=1S/C8H10N2O3/c1-13-8(12)7(11)4-6-2-3-9-5-10-6/h2-3,5,7,11H,4H2,1H3. The van der Waals surface area contributed by atoms with Gasteiger partial charge < -0.3 is 9.84 Å². The van der Waals surface area contributed by atoms with E-state index >= 15 is 0 Å². The van der Waals surface area contributed by atoms with E-state index in [4.69, 9.17) is 0 Å². The van der Waals surface area contributed by atoms with Crippen molar-refractivity contribution in [2.75, 3.05) is 7.11 Å². The summed E-state index contributed by atoms with van der Waals surface area (Å²) in [5.74, 6) is -0.654. The zero-order chi connectivity index (χ0) is 9.68. The second-order valence-corrected chi connectivity index (χ2v) is 2.44. The van der Waals surface area contributed by atoms with Gasteiger partial charge in [-0.15, -0.1) is 0 Å². The Kier molecular flexibility index (Phi) is 3.33. The largest absolute Gasteiger partial charge is 0.467 e. The summed E-state index contributed by atoms with van der Waals surface area (Å²) in [4.78, 5) is 18.4. The minimum atomic E-state index is -1.15. The summed E-state index contributed by atoms with van der Waals surface area (Å²) in [6.07, 6.45) is 1.90. The summed E-state index contributed by atoms with van der Waals surface area (Å²) < 4.78 is 4.35. The number of ether oxygens (including phenoxy) is 1. The van der Waals surface area contributed by atoms with E-state index in [1.165, 1.54) is 13.4 Å². The first-order valence-electron chi connectivity index (χ1n) is 3.75. The van der Waals surface area contributed by atoms with Crippen LogP contribution in [0.4, 0.5) is 0 Å². The van der Waals surface area contributed by atoms with Gasteiger partial charge in [-0.1, -0.05) is 0 Å². The topological polar surface area (TPSA) is 72.3 Å². The van der Waals surface area contributed by atoms with E-state index in [0.29, 0.717) is 5.69 Å². The van der Waals surface area contributed by atoms with Gasteiger partial charge in [0.2, 0.25) is 0 Å². The Morgan fingerprint density at radius 2 is 2.54 bits per heavy atom. The third kappa shape index (κ3) is 2.79. The summed E-state index contributed by atoms with van der Waals surface area (Å²) in [6, 6.07) is 1.63. The van der Waals surface area contributed by atoms with Gasteiger partial charge >= 0.3 is 5.97 Å². The number of esters is 1. The predicted octanol–water partition coefficient (Wildman–Crippen LogP) is -0.447. The highest BCUT2D eigenvalue weighted by Gasteiger charge is 2.15. The van der Waals surface area contributed by atoms with E-state index in [1.807, 2.05) is 0 Å². The molecule has 13 heavy (non-hydrogen) atoms. The molecule has 1 aromatic heterocycles. The predicted molar refractivity (Wildman–Crippen MR) is 43.8 cm³/mol.